The van der Waals surface area contributed by atoms with E-state index in [2.05, 4.69) is 10.4 Å². The van der Waals surface area contributed by atoms with Crippen LogP contribution >= 0.6 is 0 Å². The van der Waals surface area contributed by atoms with Gasteiger partial charge >= 0.3 is 0 Å². The maximum absolute atomic E-state index is 10.9. The Morgan fingerprint density at radius 1 is 1.41 bits per heavy atom. The van der Waals surface area contributed by atoms with E-state index in [1.807, 2.05) is 31.3 Å². The smallest absolute Gasteiger partial charge is 0.251 e. The summed E-state index contributed by atoms with van der Waals surface area (Å²) in [4.78, 5) is 10.9. The summed E-state index contributed by atoms with van der Waals surface area (Å²) in [6.45, 7) is 0.825. The van der Waals surface area contributed by atoms with Crippen LogP contribution in [0.3, 0.4) is 0 Å². The first-order chi connectivity index (χ1) is 8.20. The zero-order valence-corrected chi connectivity index (χ0v) is 9.55. The van der Waals surface area contributed by atoms with E-state index < -0.39 is 5.91 Å². The molecule has 0 bridgehead atoms. The fourth-order valence-corrected chi connectivity index (χ4v) is 1.56. The number of hydrogen-bond donors (Lipinski definition) is 2. The Hall–Kier alpha value is -2.14. The van der Waals surface area contributed by atoms with Crippen molar-refractivity contribution in [3.63, 3.8) is 0 Å². The zero-order chi connectivity index (χ0) is 12.3. The molecule has 0 fully saturated rings. The number of nitrogens with two attached hydrogens (primary N) is 1. The van der Waals surface area contributed by atoms with Crippen LogP contribution in [0.4, 0.5) is 0 Å². The lowest BCUT2D eigenvalue weighted by atomic mass is 10.2. The summed E-state index contributed by atoms with van der Waals surface area (Å²) in [5, 5.41) is 7.16. The molecule has 2 aromatic rings. The SMILES string of the molecule is CNCc1ccc(-n2cc(C(N)=O)cn2)cc1. The Kier molecular flexibility index (Phi) is 3.20. The highest BCUT2D eigenvalue weighted by molar-refractivity contribution is 5.92. The van der Waals surface area contributed by atoms with Crippen LogP contribution in [0.25, 0.3) is 5.69 Å². The lowest BCUT2D eigenvalue weighted by molar-refractivity contribution is 0.100. The van der Waals surface area contributed by atoms with E-state index in [0.717, 1.165) is 12.2 Å². The molecular weight excluding hydrogens is 216 g/mol. The van der Waals surface area contributed by atoms with Gasteiger partial charge in [-0.15, -0.1) is 0 Å². The summed E-state index contributed by atoms with van der Waals surface area (Å²) < 4.78 is 1.63. The predicted molar refractivity (Wildman–Crippen MR) is 64.8 cm³/mol. The highest BCUT2D eigenvalue weighted by atomic mass is 16.1. The van der Waals surface area contributed by atoms with Crippen LogP contribution in [0.2, 0.25) is 0 Å². The van der Waals surface area contributed by atoms with Gasteiger partial charge in [0.15, 0.2) is 0 Å². The quantitative estimate of drug-likeness (QED) is 0.811. The van der Waals surface area contributed by atoms with Crippen molar-refractivity contribution in [1.29, 1.82) is 0 Å². The third kappa shape index (κ3) is 2.51. The molecule has 0 aliphatic heterocycles. The molecular formula is C12H14N4O. The number of primary amides is 1. The van der Waals surface area contributed by atoms with Gasteiger partial charge in [-0.2, -0.15) is 5.10 Å². The molecule has 5 heteroatoms. The van der Waals surface area contributed by atoms with Crippen LogP contribution in [0.15, 0.2) is 36.7 Å². The number of carbonyl (C=O) groups is 1. The van der Waals surface area contributed by atoms with Crippen molar-refractivity contribution in [1.82, 2.24) is 15.1 Å². The topological polar surface area (TPSA) is 72.9 Å². The molecule has 17 heavy (non-hydrogen) atoms. The largest absolute Gasteiger partial charge is 0.366 e. The van der Waals surface area contributed by atoms with Gasteiger partial charge in [0, 0.05) is 12.7 Å². The van der Waals surface area contributed by atoms with E-state index in [1.165, 1.54) is 11.8 Å². The number of rotatable bonds is 4. The summed E-state index contributed by atoms with van der Waals surface area (Å²) >= 11 is 0. The molecule has 2 rings (SSSR count). The van der Waals surface area contributed by atoms with Gasteiger partial charge in [0.05, 0.1) is 17.4 Å². The van der Waals surface area contributed by atoms with E-state index >= 15 is 0 Å². The van der Waals surface area contributed by atoms with Crippen LogP contribution in [0, 0.1) is 0 Å². The van der Waals surface area contributed by atoms with Crippen LogP contribution in [0.5, 0.6) is 0 Å². The lowest BCUT2D eigenvalue weighted by Gasteiger charge is -2.03. The van der Waals surface area contributed by atoms with Crippen LogP contribution in [0.1, 0.15) is 15.9 Å². The number of nitrogens with zero attached hydrogens (tertiary/aromatic N) is 2. The van der Waals surface area contributed by atoms with E-state index in [0.29, 0.717) is 5.56 Å². The minimum Gasteiger partial charge on any atom is -0.366 e. The van der Waals surface area contributed by atoms with Crippen molar-refractivity contribution in [3.05, 3.63) is 47.8 Å². The molecule has 88 valence electrons. The minimum atomic E-state index is -0.469. The molecule has 0 saturated carbocycles. The fourth-order valence-electron chi connectivity index (χ4n) is 1.56. The highest BCUT2D eigenvalue weighted by Crippen LogP contribution is 2.10. The summed E-state index contributed by atoms with van der Waals surface area (Å²) in [6.07, 6.45) is 3.08. The average molecular weight is 230 g/mol. The van der Waals surface area contributed by atoms with Gasteiger partial charge in [-0.1, -0.05) is 12.1 Å². The van der Waals surface area contributed by atoms with E-state index in [-0.39, 0.29) is 0 Å². The van der Waals surface area contributed by atoms with Crippen molar-refractivity contribution < 1.29 is 4.79 Å². The summed E-state index contributed by atoms with van der Waals surface area (Å²) in [6, 6.07) is 7.92. The second-order valence-corrected chi connectivity index (χ2v) is 3.73. The molecule has 0 aliphatic carbocycles. The molecule has 0 radical (unpaired) electrons. The third-order valence-electron chi connectivity index (χ3n) is 2.45. The molecule has 3 N–H and O–H groups in total. The first kappa shape index (κ1) is 11.3. The molecule has 1 aromatic heterocycles. The van der Waals surface area contributed by atoms with Crippen molar-refractivity contribution in [3.8, 4) is 5.69 Å². The second kappa shape index (κ2) is 4.80. The highest BCUT2D eigenvalue weighted by Gasteiger charge is 2.05. The van der Waals surface area contributed by atoms with Gasteiger partial charge in [0.2, 0.25) is 0 Å². The van der Waals surface area contributed by atoms with Crippen molar-refractivity contribution in [2.45, 2.75) is 6.54 Å². The number of aromatic nitrogens is 2. The first-order valence-corrected chi connectivity index (χ1v) is 5.29. The molecule has 0 atom stereocenters. The monoisotopic (exact) mass is 230 g/mol. The maximum atomic E-state index is 10.9. The molecule has 0 aliphatic rings. The minimum absolute atomic E-state index is 0.407. The molecule has 0 spiro atoms. The van der Waals surface area contributed by atoms with Crippen molar-refractivity contribution in [2.24, 2.45) is 5.73 Å². The third-order valence-corrected chi connectivity index (χ3v) is 2.45. The Labute approximate surface area is 99.2 Å². The standard InChI is InChI=1S/C12H14N4O/c1-14-6-9-2-4-11(5-3-9)16-8-10(7-15-16)12(13)17/h2-5,7-8,14H,6H2,1H3,(H2,13,17). The van der Waals surface area contributed by atoms with Crippen LogP contribution < -0.4 is 11.1 Å². The molecule has 1 amide bonds. The van der Waals surface area contributed by atoms with Gasteiger partial charge in [-0.3, -0.25) is 4.79 Å². The normalized spacial score (nSPS) is 10.4. The lowest BCUT2D eigenvalue weighted by Crippen LogP contribution is -2.09. The number of nitrogens with one attached hydrogen (secondary N) is 1. The summed E-state index contributed by atoms with van der Waals surface area (Å²) in [5.74, 6) is -0.469. The van der Waals surface area contributed by atoms with Gasteiger partial charge < -0.3 is 11.1 Å². The predicted octanol–water partition coefficient (Wildman–Crippen LogP) is 0.691. The fraction of sp³-hybridized carbons (Fsp3) is 0.167. The Balaban J connectivity index is 2.23. The molecule has 0 saturated heterocycles. The summed E-state index contributed by atoms with van der Waals surface area (Å²) in [5.41, 5.74) is 7.67. The number of benzene rings is 1. The number of hydrogen-bond acceptors (Lipinski definition) is 3. The Morgan fingerprint density at radius 2 is 2.12 bits per heavy atom. The molecule has 5 nitrogen and oxygen atoms in total. The van der Waals surface area contributed by atoms with Crippen molar-refractivity contribution >= 4 is 5.91 Å². The number of carbonyl (C=O) groups excluding carboxylic acids is 1. The van der Waals surface area contributed by atoms with Gasteiger partial charge in [0.1, 0.15) is 0 Å². The average Bonchev–Trinajstić information content (AvgIpc) is 2.80. The Bertz CT molecular complexity index is 516. The Morgan fingerprint density at radius 3 is 2.65 bits per heavy atom. The molecule has 0 unspecified atom stereocenters. The summed E-state index contributed by atoms with van der Waals surface area (Å²) in [7, 11) is 1.90. The van der Waals surface area contributed by atoms with Gasteiger partial charge in [-0.25, -0.2) is 4.68 Å². The van der Waals surface area contributed by atoms with E-state index in [4.69, 9.17) is 5.73 Å². The van der Waals surface area contributed by atoms with E-state index in [9.17, 15) is 4.79 Å². The van der Waals surface area contributed by atoms with Crippen LogP contribution in [-0.2, 0) is 6.54 Å². The maximum Gasteiger partial charge on any atom is 0.251 e. The first-order valence-electron chi connectivity index (χ1n) is 5.29. The van der Waals surface area contributed by atoms with Crippen LogP contribution in [-0.4, -0.2) is 22.7 Å². The number of amides is 1. The van der Waals surface area contributed by atoms with Crippen molar-refractivity contribution in [2.75, 3.05) is 7.05 Å². The van der Waals surface area contributed by atoms with Gasteiger partial charge in [-0.05, 0) is 24.7 Å². The molecule has 1 heterocycles. The molecule has 1 aromatic carbocycles. The van der Waals surface area contributed by atoms with Gasteiger partial charge in [0.25, 0.3) is 5.91 Å². The van der Waals surface area contributed by atoms with E-state index in [1.54, 1.807) is 10.9 Å². The zero-order valence-electron chi connectivity index (χ0n) is 9.55. The second-order valence-electron chi connectivity index (χ2n) is 3.73.